The van der Waals surface area contributed by atoms with Crippen LogP contribution in [0.2, 0.25) is 0 Å². The number of hydrogen-bond acceptors (Lipinski definition) is 4. The molecule has 0 aliphatic heterocycles. The van der Waals surface area contributed by atoms with Crippen molar-refractivity contribution in [3.8, 4) is 0 Å². The molecule has 0 spiro atoms. The Hall–Kier alpha value is 0.220. The van der Waals surface area contributed by atoms with E-state index in [-0.39, 0.29) is 5.75 Å². The second-order valence-electron chi connectivity index (χ2n) is 2.91. The fourth-order valence-corrected chi connectivity index (χ4v) is 2.40. The predicted octanol–water partition coefficient (Wildman–Crippen LogP) is 0.268. The van der Waals surface area contributed by atoms with Gasteiger partial charge in [-0.1, -0.05) is 6.92 Å². The van der Waals surface area contributed by atoms with Crippen LogP contribution in [0, 0.1) is 0 Å². The molecule has 0 aromatic rings. The quantitative estimate of drug-likeness (QED) is 0.568. The Balaban J connectivity index is 3.35. The van der Waals surface area contributed by atoms with Crippen LogP contribution in [0.3, 0.4) is 0 Å². The molecule has 0 aromatic carbocycles. The van der Waals surface area contributed by atoms with Crippen LogP contribution in [0.4, 0.5) is 0 Å². The van der Waals surface area contributed by atoms with Crippen molar-refractivity contribution in [2.75, 3.05) is 37.4 Å². The lowest BCUT2D eigenvalue weighted by Gasteiger charge is -2.05. The smallest absolute Gasteiger partial charge is 0.212 e. The van der Waals surface area contributed by atoms with Gasteiger partial charge in [-0.25, -0.2) is 13.1 Å². The van der Waals surface area contributed by atoms with Gasteiger partial charge in [-0.2, -0.15) is 11.8 Å². The van der Waals surface area contributed by atoms with E-state index in [1.807, 2.05) is 0 Å². The SMILES string of the molecule is CCNS(=O)(=O)CCNCCCSC. The molecule has 0 heterocycles. The van der Waals surface area contributed by atoms with Crippen LogP contribution < -0.4 is 10.0 Å². The molecule has 0 saturated carbocycles. The van der Waals surface area contributed by atoms with Gasteiger partial charge >= 0.3 is 0 Å². The van der Waals surface area contributed by atoms with Gasteiger partial charge in [0.15, 0.2) is 0 Å². The summed E-state index contributed by atoms with van der Waals surface area (Å²) in [4.78, 5) is 0. The van der Waals surface area contributed by atoms with Crippen LogP contribution in [-0.4, -0.2) is 45.8 Å². The zero-order chi connectivity index (χ0) is 10.9. The summed E-state index contributed by atoms with van der Waals surface area (Å²) >= 11 is 1.80. The summed E-state index contributed by atoms with van der Waals surface area (Å²) in [6.45, 7) is 3.67. The maximum absolute atomic E-state index is 11.2. The fourth-order valence-electron chi connectivity index (χ4n) is 0.965. The van der Waals surface area contributed by atoms with Crippen molar-refractivity contribution in [3.63, 3.8) is 0 Å². The normalized spacial score (nSPS) is 11.9. The molecule has 0 aliphatic rings. The van der Waals surface area contributed by atoms with Gasteiger partial charge in [0.1, 0.15) is 0 Å². The van der Waals surface area contributed by atoms with Crippen molar-refractivity contribution >= 4 is 21.8 Å². The fraction of sp³-hybridized carbons (Fsp3) is 1.00. The molecule has 0 saturated heterocycles. The minimum atomic E-state index is -3.04. The van der Waals surface area contributed by atoms with Gasteiger partial charge in [0, 0.05) is 13.1 Å². The second-order valence-corrected chi connectivity index (χ2v) is 5.83. The molecule has 4 nitrogen and oxygen atoms in total. The van der Waals surface area contributed by atoms with Crippen LogP contribution in [0.1, 0.15) is 13.3 Å². The number of hydrogen-bond donors (Lipinski definition) is 2. The zero-order valence-corrected chi connectivity index (χ0v) is 10.5. The lowest BCUT2D eigenvalue weighted by Crippen LogP contribution is -2.32. The number of thioether (sulfide) groups is 1. The number of sulfonamides is 1. The molecule has 0 fully saturated rings. The lowest BCUT2D eigenvalue weighted by molar-refractivity contribution is 0.578. The summed E-state index contributed by atoms with van der Waals surface area (Å²) in [5.41, 5.74) is 0. The Morgan fingerprint density at radius 2 is 2.00 bits per heavy atom. The van der Waals surface area contributed by atoms with E-state index in [1.165, 1.54) is 0 Å². The van der Waals surface area contributed by atoms with E-state index in [4.69, 9.17) is 0 Å². The van der Waals surface area contributed by atoms with Crippen molar-refractivity contribution in [1.29, 1.82) is 0 Å². The molecule has 0 atom stereocenters. The van der Waals surface area contributed by atoms with Gasteiger partial charge in [0.2, 0.25) is 10.0 Å². The summed E-state index contributed by atoms with van der Waals surface area (Å²) in [7, 11) is -3.04. The van der Waals surface area contributed by atoms with Crippen LogP contribution >= 0.6 is 11.8 Å². The summed E-state index contributed by atoms with van der Waals surface area (Å²) in [5, 5.41) is 3.10. The Labute approximate surface area is 91.3 Å². The van der Waals surface area contributed by atoms with E-state index in [9.17, 15) is 8.42 Å². The third kappa shape index (κ3) is 8.80. The minimum absolute atomic E-state index is 0.167. The van der Waals surface area contributed by atoms with Crippen LogP contribution in [0.5, 0.6) is 0 Å². The molecule has 0 aliphatic carbocycles. The molecule has 2 N–H and O–H groups in total. The van der Waals surface area contributed by atoms with E-state index in [2.05, 4.69) is 16.3 Å². The van der Waals surface area contributed by atoms with Gasteiger partial charge in [-0.3, -0.25) is 0 Å². The largest absolute Gasteiger partial charge is 0.316 e. The van der Waals surface area contributed by atoms with Crippen molar-refractivity contribution < 1.29 is 8.42 Å². The Morgan fingerprint density at radius 1 is 1.29 bits per heavy atom. The Morgan fingerprint density at radius 3 is 2.57 bits per heavy atom. The van der Waals surface area contributed by atoms with Gasteiger partial charge in [0.05, 0.1) is 5.75 Å². The van der Waals surface area contributed by atoms with Crippen molar-refractivity contribution in [2.45, 2.75) is 13.3 Å². The monoisotopic (exact) mass is 240 g/mol. The first-order chi connectivity index (χ1) is 6.62. The first-order valence-electron chi connectivity index (χ1n) is 4.79. The molecule has 86 valence electrons. The molecule has 0 radical (unpaired) electrons. The van der Waals surface area contributed by atoms with Gasteiger partial charge in [-0.15, -0.1) is 0 Å². The summed E-state index contributed by atoms with van der Waals surface area (Å²) in [6.07, 6.45) is 3.15. The maximum Gasteiger partial charge on any atom is 0.212 e. The van der Waals surface area contributed by atoms with Gasteiger partial charge in [0.25, 0.3) is 0 Å². The molecule has 14 heavy (non-hydrogen) atoms. The number of rotatable bonds is 9. The van der Waals surface area contributed by atoms with Crippen molar-refractivity contribution in [1.82, 2.24) is 10.0 Å². The highest BCUT2D eigenvalue weighted by Crippen LogP contribution is 1.93. The van der Waals surface area contributed by atoms with Crippen LogP contribution in [-0.2, 0) is 10.0 Å². The standard InChI is InChI=1S/C8H20N2O2S2/c1-3-10-14(11,12)8-6-9-5-4-7-13-2/h9-10H,3-8H2,1-2H3. The minimum Gasteiger partial charge on any atom is -0.316 e. The third-order valence-electron chi connectivity index (χ3n) is 1.61. The summed E-state index contributed by atoms with van der Waals surface area (Å²) in [5.74, 6) is 1.28. The predicted molar refractivity (Wildman–Crippen MR) is 63.3 cm³/mol. The molecule has 0 aromatic heterocycles. The highest BCUT2D eigenvalue weighted by Gasteiger charge is 2.06. The van der Waals surface area contributed by atoms with Crippen molar-refractivity contribution in [3.05, 3.63) is 0 Å². The van der Waals surface area contributed by atoms with E-state index in [0.29, 0.717) is 13.1 Å². The maximum atomic E-state index is 11.2. The topological polar surface area (TPSA) is 58.2 Å². The molecule has 6 heteroatoms. The van der Waals surface area contributed by atoms with Gasteiger partial charge < -0.3 is 5.32 Å². The molecule has 0 bridgehead atoms. The second kappa shape index (κ2) is 8.52. The Bertz CT molecular complexity index is 217. The lowest BCUT2D eigenvalue weighted by atomic mass is 10.5. The Kier molecular flexibility index (Phi) is 8.66. The van der Waals surface area contributed by atoms with Crippen LogP contribution in [0.15, 0.2) is 0 Å². The molecule has 0 amide bonds. The average Bonchev–Trinajstić information content (AvgIpc) is 2.11. The molecular formula is C8H20N2O2S2. The van der Waals surface area contributed by atoms with E-state index in [1.54, 1.807) is 18.7 Å². The number of nitrogens with one attached hydrogen (secondary N) is 2. The third-order valence-corrected chi connectivity index (χ3v) is 3.78. The molecular weight excluding hydrogens is 220 g/mol. The van der Waals surface area contributed by atoms with Crippen molar-refractivity contribution in [2.24, 2.45) is 0 Å². The van der Waals surface area contributed by atoms with Gasteiger partial charge in [-0.05, 0) is 25.0 Å². The van der Waals surface area contributed by atoms with E-state index in [0.717, 1.165) is 18.7 Å². The summed E-state index contributed by atoms with van der Waals surface area (Å²) in [6, 6.07) is 0. The highest BCUT2D eigenvalue weighted by molar-refractivity contribution is 7.98. The first-order valence-corrected chi connectivity index (χ1v) is 7.84. The first kappa shape index (κ1) is 14.2. The molecule has 0 rings (SSSR count). The molecule has 0 unspecified atom stereocenters. The van der Waals surface area contributed by atoms with E-state index < -0.39 is 10.0 Å². The van der Waals surface area contributed by atoms with Crippen LogP contribution in [0.25, 0.3) is 0 Å². The summed E-state index contributed by atoms with van der Waals surface area (Å²) < 4.78 is 24.8. The van der Waals surface area contributed by atoms with E-state index >= 15 is 0 Å². The zero-order valence-electron chi connectivity index (χ0n) is 8.88. The highest BCUT2D eigenvalue weighted by atomic mass is 32.2. The average molecular weight is 240 g/mol.